The zero-order valence-electron chi connectivity index (χ0n) is 13.0. The van der Waals surface area contributed by atoms with Crippen LogP contribution >= 0.6 is 24.0 Å². The van der Waals surface area contributed by atoms with E-state index in [1.165, 1.54) is 18.2 Å². The van der Waals surface area contributed by atoms with Crippen LogP contribution in [0.15, 0.2) is 29.3 Å². The third-order valence-electron chi connectivity index (χ3n) is 3.28. The molecule has 0 saturated carbocycles. The van der Waals surface area contributed by atoms with Crippen LogP contribution < -0.4 is 10.6 Å². The first-order valence-electron chi connectivity index (χ1n) is 7.35. The van der Waals surface area contributed by atoms with E-state index >= 15 is 0 Å². The smallest absolute Gasteiger partial charge is 0.246 e. The molecule has 23 heavy (non-hydrogen) atoms. The fraction of sp³-hybridized carbons (Fsp3) is 0.467. The SMILES string of the molecule is CCNC(=NCC(=O)Nc1cccc(F)c1)N1CC[C@@H](O)C1.I. The third-order valence-corrected chi connectivity index (χ3v) is 3.28. The molecule has 0 spiro atoms. The van der Waals surface area contributed by atoms with Crippen molar-refractivity contribution in [1.82, 2.24) is 10.2 Å². The molecule has 1 saturated heterocycles. The van der Waals surface area contributed by atoms with E-state index < -0.39 is 5.82 Å². The van der Waals surface area contributed by atoms with E-state index in [1.807, 2.05) is 11.8 Å². The second-order valence-corrected chi connectivity index (χ2v) is 5.12. The molecule has 3 N–H and O–H groups in total. The van der Waals surface area contributed by atoms with Crippen LogP contribution in [0.3, 0.4) is 0 Å². The van der Waals surface area contributed by atoms with Gasteiger partial charge in [-0.1, -0.05) is 6.07 Å². The zero-order chi connectivity index (χ0) is 15.9. The zero-order valence-corrected chi connectivity index (χ0v) is 15.3. The van der Waals surface area contributed by atoms with E-state index in [0.717, 1.165) is 0 Å². The number of nitrogens with zero attached hydrogens (tertiary/aromatic N) is 2. The van der Waals surface area contributed by atoms with Crippen molar-refractivity contribution in [2.75, 3.05) is 31.5 Å². The van der Waals surface area contributed by atoms with Crippen LogP contribution in [0, 0.1) is 5.82 Å². The summed E-state index contributed by atoms with van der Waals surface area (Å²) >= 11 is 0. The van der Waals surface area contributed by atoms with Crippen LogP contribution in [0.5, 0.6) is 0 Å². The fourth-order valence-electron chi connectivity index (χ4n) is 2.27. The number of hydrogen-bond acceptors (Lipinski definition) is 3. The number of benzene rings is 1. The molecule has 0 aliphatic carbocycles. The lowest BCUT2D eigenvalue weighted by molar-refractivity contribution is -0.114. The van der Waals surface area contributed by atoms with E-state index in [9.17, 15) is 14.3 Å². The topological polar surface area (TPSA) is 77.0 Å². The van der Waals surface area contributed by atoms with Gasteiger partial charge >= 0.3 is 0 Å². The summed E-state index contributed by atoms with van der Waals surface area (Å²) in [6, 6.07) is 5.72. The molecule has 0 bridgehead atoms. The minimum Gasteiger partial charge on any atom is -0.391 e. The van der Waals surface area contributed by atoms with Crippen molar-refractivity contribution in [3.8, 4) is 0 Å². The van der Waals surface area contributed by atoms with Gasteiger partial charge in [-0.25, -0.2) is 9.38 Å². The Morgan fingerprint density at radius 1 is 1.52 bits per heavy atom. The van der Waals surface area contributed by atoms with Crippen molar-refractivity contribution in [2.45, 2.75) is 19.4 Å². The molecule has 0 unspecified atom stereocenters. The van der Waals surface area contributed by atoms with Gasteiger partial charge in [0.1, 0.15) is 12.4 Å². The summed E-state index contributed by atoms with van der Waals surface area (Å²) in [6.45, 7) is 3.77. The number of β-amino-alcohol motifs (C(OH)–C–C–N with tert-alkyl or cyclic N) is 1. The summed E-state index contributed by atoms with van der Waals surface area (Å²) in [5.41, 5.74) is 0.404. The monoisotopic (exact) mass is 436 g/mol. The maximum absolute atomic E-state index is 13.1. The van der Waals surface area contributed by atoms with Crippen LogP contribution in [-0.4, -0.2) is 54.2 Å². The summed E-state index contributed by atoms with van der Waals surface area (Å²) < 4.78 is 13.1. The Hall–Kier alpha value is -1.42. The fourth-order valence-corrected chi connectivity index (χ4v) is 2.27. The van der Waals surface area contributed by atoms with Crippen LogP contribution in [0.2, 0.25) is 0 Å². The Balaban J connectivity index is 0.00000264. The van der Waals surface area contributed by atoms with Crippen molar-refractivity contribution in [1.29, 1.82) is 0 Å². The van der Waals surface area contributed by atoms with E-state index in [-0.39, 0.29) is 42.5 Å². The average molecular weight is 436 g/mol. The number of halogens is 2. The number of rotatable bonds is 4. The standard InChI is InChI=1S/C15H21FN4O2.HI/c1-2-17-15(20-7-6-13(21)10-20)18-9-14(22)19-12-5-3-4-11(16)8-12;/h3-5,8,13,21H,2,6-7,9-10H2,1H3,(H,17,18)(H,19,22);1H/t13-;/m1./s1. The van der Waals surface area contributed by atoms with E-state index in [2.05, 4.69) is 15.6 Å². The number of amides is 1. The maximum atomic E-state index is 13.1. The quantitative estimate of drug-likeness (QED) is 0.379. The van der Waals surface area contributed by atoms with E-state index in [4.69, 9.17) is 0 Å². The molecule has 0 radical (unpaired) electrons. The molecule has 1 heterocycles. The van der Waals surface area contributed by atoms with Gasteiger partial charge < -0.3 is 20.6 Å². The molecule has 1 aliphatic rings. The van der Waals surface area contributed by atoms with Crippen molar-refractivity contribution >= 4 is 41.5 Å². The molecule has 1 amide bonds. The summed E-state index contributed by atoms with van der Waals surface area (Å²) in [6.07, 6.45) is 0.338. The normalized spacial score (nSPS) is 17.6. The van der Waals surface area contributed by atoms with Gasteiger partial charge in [0.2, 0.25) is 5.91 Å². The molecule has 1 fully saturated rings. The molecule has 6 nitrogen and oxygen atoms in total. The van der Waals surface area contributed by atoms with Gasteiger partial charge in [0.25, 0.3) is 0 Å². The lowest BCUT2D eigenvalue weighted by atomic mass is 10.3. The van der Waals surface area contributed by atoms with E-state index in [0.29, 0.717) is 37.7 Å². The van der Waals surface area contributed by atoms with Gasteiger partial charge in [0.15, 0.2) is 5.96 Å². The molecule has 128 valence electrons. The Morgan fingerprint density at radius 3 is 2.91 bits per heavy atom. The van der Waals surface area contributed by atoms with Crippen LogP contribution in [0.4, 0.5) is 10.1 Å². The lowest BCUT2D eigenvalue weighted by Gasteiger charge is -2.20. The molecule has 0 aromatic heterocycles. The predicted octanol–water partition coefficient (Wildman–Crippen LogP) is 1.41. The first-order valence-corrected chi connectivity index (χ1v) is 7.35. The highest BCUT2D eigenvalue weighted by atomic mass is 127. The molecule has 1 aliphatic heterocycles. The second kappa shape index (κ2) is 9.66. The first-order chi connectivity index (χ1) is 10.6. The Morgan fingerprint density at radius 2 is 2.30 bits per heavy atom. The summed E-state index contributed by atoms with van der Waals surface area (Å²) in [4.78, 5) is 18.1. The first kappa shape index (κ1) is 19.6. The number of aliphatic imine (C=N–C) groups is 1. The minimum atomic E-state index is -0.402. The van der Waals surface area contributed by atoms with Gasteiger partial charge in [-0.15, -0.1) is 24.0 Å². The summed E-state index contributed by atoms with van der Waals surface area (Å²) in [5.74, 6) is -0.116. The van der Waals surface area contributed by atoms with Gasteiger partial charge in [-0.3, -0.25) is 4.79 Å². The number of aliphatic hydroxyl groups excluding tert-OH is 1. The van der Waals surface area contributed by atoms with Gasteiger partial charge in [0.05, 0.1) is 6.10 Å². The van der Waals surface area contributed by atoms with Gasteiger partial charge in [0, 0.05) is 25.3 Å². The molecule has 2 rings (SSSR count). The number of aliphatic hydroxyl groups is 1. The number of guanidine groups is 1. The van der Waals surface area contributed by atoms with E-state index in [1.54, 1.807) is 6.07 Å². The Labute approximate surface area is 152 Å². The molecular formula is C15H22FIN4O2. The summed E-state index contributed by atoms with van der Waals surface area (Å²) in [5, 5.41) is 15.3. The van der Waals surface area contributed by atoms with Crippen molar-refractivity contribution in [3.05, 3.63) is 30.1 Å². The van der Waals surface area contributed by atoms with Crippen LogP contribution in [0.25, 0.3) is 0 Å². The molecule has 8 heteroatoms. The highest BCUT2D eigenvalue weighted by molar-refractivity contribution is 14.0. The third kappa shape index (κ3) is 6.30. The maximum Gasteiger partial charge on any atom is 0.246 e. The van der Waals surface area contributed by atoms with Gasteiger partial charge in [-0.05, 0) is 31.5 Å². The number of hydrogen-bond donors (Lipinski definition) is 3. The molecule has 1 aromatic carbocycles. The minimum absolute atomic E-state index is 0. The van der Waals surface area contributed by atoms with Crippen molar-refractivity contribution in [3.63, 3.8) is 0 Å². The highest BCUT2D eigenvalue weighted by Crippen LogP contribution is 2.10. The second-order valence-electron chi connectivity index (χ2n) is 5.12. The number of carbonyl (C=O) groups is 1. The number of nitrogens with one attached hydrogen (secondary N) is 2. The van der Waals surface area contributed by atoms with Crippen molar-refractivity contribution < 1.29 is 14.3 Å². The molecule has 1 atom stereocenters. The Kier molecular flexibility index (Phi) is 8.24. The number of likely N-dealkylation sites (tertiary alicyclic amines) is 1. The highest BCUT2D eigenvalue weighted by Gasteiger charge is 2.22. The van der Waals surface area contributed by atoms with Crippen LogP contribution in [-0.2, 0) is 4.79 Å². The molecule has 1 aromatic rings. The summed E-state index contributed by atoms with van der Waals surface area (Å²) in [7, 11) is 0. The molecular weight excluding hydrogens is 414 g/mol. The predicted molar refractivity (Wildman–Crippen MR) is 98.6 cm³/mol. The van der Waals surface area contributed by atoms with Crippen LogP contribution in [0.1, 0.15) is 13.3 Å². The Bertz CT molecular complexity index is 556. The number of anilines is 1. The van der Waals surface area contributed by atoms with Gasteiger partial charge in [-0.2, -0.15) is 0 Å². The largest absolute Gasteiger partial charge is 0.391 e. The average Bonchev–Trinajstić information content (AvgIpc) is 2.90. The van der Waals surface area contributed by atoms with Crippen molar-refractivity contribution in [2.24, 2.45) is 4.99 Å². The number of carbonyl (C=O) groups excluding carboxylic acids is 1. The lowest BCUT2D eigenvalue weighted by Crippen LogP contribution is -2.41.